The molecule has 1 spiro atoms. The lowest BCUT2D eigenvalue weighted by atomic mass is 9.81. The molecular formula is C16H19ClN2O2. The quantitative estimate of drug-likeness (QED) is 0.804. The van der Waals surface area contributed by atoms with Gasteiger partial charge in [0.1, 0.15) is 0 Å². The number of rotatable bonds is 1. The highest BCUT2D eigenvalue weighted by Crippen LogP contribution is 2.45. The second kappa shape index (κ2) is 4.97. The molecule has 2 aromatic rings. The Morgan fingerprint density at radius 2 is 2.00 bits per heavy atom. The van der Waals surface area contributed by atoms with Crippen LogP contribution in [0.1, 0.15) is 32.2 Å². The van der Waals surface area contributed by atoms with Crippen LogP contribution in [-0.2, 0) is 9.47 Å². The van der Waals surface area contributed by atoms with E-state index in [0.29, 0.717) is 24.3 Å². The van der Waals surface area contributed by atoms with E-state index in [1.165, 1.54) is 0 Å². The largest absolute Gasteiger partial charge is 0.347 e. The summed E-state index contributed by atoms with van der Waals surface area (Å²) in [6, 6.07) is 8.39. The van der Waals surface area contributed by atoms with Crippen molar-refractivity contribution in [3.05, 3.63) is 29.4 Å². The lowest BCUT2D eigenvalue weighted by molar-refractivity contribution is -0.216. The van der Waals surface area contributed by atoms with Crippen LogP contribution in [0, 0.1) is 5.92 Å². The molecule has 1 aliphatic heterocycles. The van der Waals surface area contributed by atoms with Crippen molar-refractivity contribution in [2.24, 2.45) is 5.92 Å². The summed E-state index contributed by atoms with van der Waals surface area (Å²) in [4.78, 5) is 0. The zero-order valence-electron chi connectivity index (χ0n) is 12.1. The van der Waals surface area contributed by atoms with Crippen LogP contribution in [0.2, 0.25) is 5.15 Å². The normalized spacial score (nSPS) is 28.5. The van der Waals surface area contributed by atoms with Crippen molar-refractivity contribution in [1.82, 2.24) is 9.78 Å². The highest BCUT2D eigenvalue weighted by Gasteiger charge is 2.47. The summed E-state index contributed by atoms with van der Waals surface area (Å²) in [6.45, 7) is 3.60. The van der Waals surface area contributed by atoms with Gasteiger partial charge in [-0.2, -0.15) is 5.10 Å². The maximum Gasteiger partial charge on any atom is 0.173 e. The molecule has 1 aromatic heterocycles. The molecule has 112 valence electrons. The summed E-state index contributed by atoms with van der Waals surface area (Å²) in [7, 11) is 0. The zero-order valence-corrected chi connectivity index (χ0v) is 12.8. The van der Waals surface area contributed by atoms with E-state index >= 15 is 0 Å². The maximum absolute atomic E-state index is 6.28. The molecule has 0 amide bonds. The molecule has 1 aliphatic carbocycles. The number of benzene rings is 1. The number of hydrogen-bond acceptors (Lipinski definition) is 3. The summed E-state index contributed by atoms with van der Waals surface area (Å²) in [5.74, 6) is -0.00355. The molecule has 5 heteroatoms. The monoisotopic (exact) mass is 306 g/mol. The van der Waals surface area contributed by atoms with Crippen LogP contribution >= 0.6 is 11.6 Å². The SMILES string of the molecule is C[C@@H]1CC[C@H](n2nc(Cl)c3ccccc32)CC12OCCO2. The Morgan fingerprint density at radius 1 is 1.24 bits per heavy atom. The van der Waals surface area contributed by atoms with Crippen molar-refractivity contribution in [3.8, 4) is 0 Å². The van der Waals surface area contributed by atoms with Gasteiger partial charge in [-0.1, -0.05) is 30.7 Å². The first kappa shape index (κ1) is 13.6. The average molecular weight is 307 g/mol. The first-order valence-corrected chi connectivity index (χ1v) is 7.98. The summed E-state index contributed by atoms with van der Waals surface area (Å²) in [5, 5.41) is 6.15. The van der Waals surface area contributed by atoms with E-state index in [-0.39, 0.29) is 6.04 Å². The minimum Gasteiger partial charge on any atom is -0.347 e. The van der Waals surface area contributed by atoms with Gasteiger partial charge in [0.15, 0.2) is 10.9 Å². The van der Waals surface area contributed by atoms with E-state index in [4.69, 9.17) is 21.1 Å². The molecule has 2 fully saturated rings. The summed E-state index contributed by atoms with van der Waals surface area (Å²) >= 11 is 6.28. The number of hydrogen-bond donors (Lipinski definition) is 0. The Balaban J connectivity index is 1.72. The van der Waals surface area contributed by atoms with E-state index in [9.17, 15) is 0 Å². The number of nitrogens with zero attached hydrogens (tertiary/aromatic N) is 2. The first-order valence-electron chi connectivity index (χ1n) is 7.60. The molecular weight excluding hydrogens is 288 g/mol. The Morgan fingerprint density at radius 3 is 2.81 bits per heavy atom. The van der Waals surface area contributed by atoms with E-state index in [1.54, 1.807) is 0 Å². The fraction of sp³-hybridized carbons (Fsp3) is 0.562. The molecule has 2 heterocycles. The topological polar surface area (TPSA) is 36.3 Å². The van der Waals surface area contributed by atoms with Gasteiger partial charge in [-0.25, -0.2) is 0 Å². The number of halogens is 1. The Kier molecular flexibility index (Phi) is 3.21. The van der Waals surface area contributed by atoms with Gasteiger partial charge in [0.2, 0.25) is 0 Å². The first-order chi connectivity index (χ1) is 10.2. The minimum absolute atomic E-state index is 0.275. The van der Waals surface area contributed by atoms with E-state index in [0.717, 1.165) is 30.2 Å². The van der Waals surface area contributed by atoms with Crippen LogP contribution in [-0.4, -0.2) is 28.8 Å². The fourth-order valence-electron chi connectivity index (χ4n) is 3.70. The number of fused-ring (bicyclic) bond motifs is 1. The third kappa shape index (κ3) is 2.08. The Bertz CT molecular complexity index is 663. The molecule has 0 radical (unpaired) electrons. The molecule has 0 bridgehead atoms. The van der Waals surface area contributed by atoms with Crippen molar-refractivity contribution < 1.29 is 9.47 Å². The molecule has 1 saturated carbocycles. The van der Waals surface area contributed by atoms with Gasteiger partial charge in [0, 0.05) is 17.7 Å². The second-order valence-electron chi connectivity index (χ2n) is 6.10. The van der Waals surface area contributed by atoms with Crippen molar-refractivity contribution in [2.45, 2.75) is 38.0 Å². The highest BCUT2D eigenvalue weighted by atomic mass is 35.5. The lowest BCUT2D eigenvalue weighted by Gasteiger charge is -2.41. The van der Waals surface area contributed by atoms with Crippen LogP contribution in [0.3, 0.4) is 0 Å². The summed E-state index contributed by atoms with van der Waals surface area (Å²) < 4.78 is 14.0. The van der Waals surface area contributed by atoms with Crippen molar-refractivity contribution in [1.29, 1.82) is 0 Å². The fourth-order valence-corrected chi connectivity index (χ4v) is 3.95. The molecule has 1 saturated heterocycles. The highest BCUT2D eigenvalue weighted by molar-refractivity contribution is 6.34. The lowest BCUT2D eigenvalue weighted by Crippen LogP contribution is -2.44. The molecule has 4 nitrogen and oxygen atoms in total. The van der Waals surface area contributed by atoms with Crippen LogP contribution in [0.4, 0.5) is 0 Å². The predicted octanol–water partition coefficient (Wildman–Crippen LogP) is 3.79. The predicted molar refractivity (Wildman–Crippen MR) is 81.4 cm³/mol. The Labute approximate surface area is 129 Å². The number of para-hydroxylation sites is 1. The van der Waals surface area contributed by atoms with Gasteiger partial charge in [-0.15, -0.1) is 0 Å². The molecule has 2 aliphatic rings. The van der Waals surface area contributed by atoms with Gasteiger partial charge < -0.3 is 9.47 Å². The molecule has 4 rings (SSSR count). The van der Waals surface area contributed by atoms with Crippen LogP contribution in [0.15, 0.2) is 24.3 Å². The molecule has 1 aromatic carbocycles. The van der Waals surface area contributed by atoms with Gasteiger partial charge in [-0.3, -0.25) is 4.68 Å². The van der Waals surface area contributed by atoms with Gasteiger partial charge in [0.05, 0.1) is 24.8 Å². The number of ether oxygens (including phenoxy) is 2. The van der Waals surface area contributed by atoms with Crippen LogP contribution < -0.4 is 0 Å². The van der Waals surface area contributed by atoms with E-state index in [1.807, 2.05) is 18.2 Å². The molecule has 0 N–H and O–H groups in total. The number of aromatic nitrogens is 2. The van der Waals surface area contributed by atoms with Crippen molar-refractivity contribution in [2.75, 3.05) is 13.2 Å². The minimum atomic E-state index is -0.428. The maximum atomic E-state index is 6.28. The smallest absolute Gasteiger partial charge is 0.173 e. The van der Waals surface area contributed by atoms with Gasteiger partial charge in [0.25, 0.3) is 0 Å². The molecule has 21 heavy (non-hydrogen) atoms. The van der Waals surface area contributed by atoms with E-state index in [2.05, 4.69) is 22.8 Å². The molecule has 2 atom stereocenters. The summed E-state index contributed by atoms with van der Waals surface area (Å²) in [6.07, 6.45) is 3.00. The Hall–Kier alpha value is -1.10. The molecule has 0 unspecified atom stereocenters. The third-order valence-corrected chi connectivity index (χ3v) is 5.17. The second-order valence-corrected chi connectivity index (χ2v) is 6.46. The average Bonchev–Trinajstić information content (AvgIpc) is 3.09. The zero-order chi connectivity index (χ0) is 14.4. The summed E-state index contributed by atoms with van der Waals surface area (Å²) in [5.41, 5.74) is 1.09. The standard InChI is InChI=1S/C16H19ClN2O2/c1-11-6-7-12(10-16(11)20-8-9-21-16)19-14-5-3-2-4-13(14)15(17)18-19/h2-5,11-12H,6-10H2,1H3/t11-,12+/m1/s1. The van der Waals surface area contributed by atoms with Gasteiger partial charge >= 0.3 is 0 Å². The van der Waals surface area contributed by atoms with Crippen molar-refractivity contribution >= 4 is 22.5 Å². The van der Waals surface area contributed by atoms with Crippen LogP contribution in [0.5, 0.6) is 0 Å². The van der Waals surface area contributed by atoms with Crippen molar-refractivity contribution in [3.63, 3.8) is 0 Å². The van der Waals surface area contributed by atoms with Crippen LogP contribution in [0.25, 0.3) is 10.9 Å². The van der Waals surface area contributed by atoms with Gasteiger partial charge in [-0.05, 0) is 25.0 Å². The third-order valence-electron chi connectivity index (χ3n) is 4.89. The van der Waals surface area contributed by atoms with E-state index < -0.39 is 5.79 Å².